The van der Waals surface area contributed by atoms with Crippen LogP contribution in [0.2, 0.25) is 0 Å². The monoisotopic (exact) mass is 655 g/mol. The Hall–Kier alpha value is -4.16. The molecular weight excluding hydrogens is 609 g/mol. The number of carbonyl (C=O) groups excluding carboxylic acids is 5. The van der Waals surface area contributed by atoms with Gasteiger partial charge in [-0.15, -0.1) is 0 Å². The molecule has 256 valence electrons. The summed E-state index contributed by atoms with van der Waals surface area (Å²) in [4.78, 5) is 71.8. The Morgan fingerprint density at radius 3 is 2.57 bits per heavy atom. The number of alkyl carbamates (subject to hydrolysis) is 1. The van der Waals surface area contributed by atoms with Gasteiger partial charge in [-0.05, 0) is 58.1 Å². The highest BCUT2D eigenvalue weighted by atomic mass is 19.1. The predicted molar refractivity (Wildman–Crippen MR) is 169 cm³/mol. The van der Waals surface area contributed by atoms with Gasteiger partial charge in [0.2, 0.25) is 17.7 Å². The molecule has 0 spiro atoms. The molecule has 1 aromatic rings. The molecule has 12 nitrogen and oxygen atoms in total. The molecule has 5 rings (SSSR count). The fourth-order valence-electron chi connectivity index (χ4n) is 6.72. The third-order valence-electron chi connectivity index (χ3n) is 9.17. The second-order valence-corrected chi connectivity index (χ2v) is 14.2. The van der Waals surface area contributed by atoms with Gasteiger partial charge in [0.1, 0.15) is 35.1 Å². The van der Waals surface area contributed by atoms with Crippen molar-refractivity contribution < 1.29 is 37.8 Å². The van der Waals surface area contributed by atoms with Gasteiger partial charge < -0.3 is 29.9 Å². The molecule has 1 saturated carbocycles. The van der Waals surface area contributed by atoms with Crippen LogP contribution in [0, 0.1) is 11.7 Å². The van der Waals surface area contributed by atoms with Crippen molar-refractivity contribution in [2.45, 2.75) is 108 Å². The van der Waals surface area contributed by atoms with E-state index in [9.17, 15) is 28.4 Å². The molecule has 3 heterocycles. The fourth-order valence-corrected chi connectivity index (χ4v) is 6.72. The Bertz CT molecular complexity index is 1440. The van der Waals surface area contributed by atoms with E-state index in [0.717, 1.165) is 19.3 Å². The Morgan fingerprint density at radius 1 is 1.11 bits per heavy atom. The number of fused-ring (bicyclic) bond motifs is 3. The summed E-state index contributed by atoms with van der Waals surface area (Å²) in [6.45, 7) is 5.30. The summed E-state index contributed by atoms with van der Waals surface area (Å²) in [6.07, 6.45) is 5.54. The molecule has 0 bridgehead atoms. The van der Waals surface area contributed by atoms with Crippen molar-refractivity contribution in [2.24, 2.45) is 5.92 Å². The molecule has 1 saturated heterocycles. The van der Waals surface area contributed by atoms with E-state index in [-0.39, 0.29) is 37.9 Å². The molecule has 47 heavy (non-hydrogen) atoms. The van der Waals surface area contributed by atoms with Gasteiger partial charge in [0.25, 0.3) is 0 Å². The van der Waals surface area contributed by atoms with E-state index in [4.69, 9.17) is 9.47 Å². The maximum atomic E-state index is 14.3. The van der Waals surface area contributed by atoms with Crippen LogP contribution in [0.1, 0.15) is 76.8 Å². The number of ether oxygens (including phenoxy) is 2. The maximum absolute atomic E-state index is 14.3. The average molecular weight is 656 g/mol. The lowest BCUT2D eigenvalue weighted by Gasteiger charge is -2.30. The lowest BCUT2D eigenvalue weighted by Crippen LogP contribution is -2.57. The van der Waals surface area contributed by atoms with Crippen molar-refractivity contribution in [3.05, 3.63) is 47.3 Å². The highest BCUT2D eigenvalue weighted by Gasteiger charge is 2.61. The molecule has 5 amide bonds. The second kappa shape index (κ2) is 13.5. The first-order valence-corrected chi connectivity index (χ1v) is 16.4. The van der Waals surface area contributed by atoms with Crippen molar-refractivity contribution in [2.75, 3.05) is 20.6 Å². The lowest BCUT2D eigenvalue weighted by atomic mass is 10.0. The first-order chi connectivity index (χ1) is 22.2. The van der Waals surface area contributed by atoms with Crippen LogP contribution in [-0.2, 0) is 36.9 Å². The van der Waals surface area contributed by atoms with Gasteiger partial charge in [-0.3, -0.25) is 19.3 Å². The number of halogens is 1. The van der Waals surface area contributed by atoms with Gasteiger partial charge in [0, 0.05) is 38.5 Å². The number of carbonyl (C=O) groups is 5. The molecule has 1 aliphatic carbocycles. The van der Waals surface area contributed by atoms with Gasteiger partial charge in [-0.2, -0.15) is 0 Å². The topological polar surface area (TPSA) is 138 Å². The summed E-state index contributed by atoms with van der Waals surface area (Å²) in [6, 6.07) is 2.63. The van der Waals surface area contributed by atoms with Crippen LogP contribution in [0.15, 0.2) is 30.4 Å². The first-order valence-electron chi connectivity index (χ1n) is 16.4. The van der Waals surface area contributed by atoms with Crippen molar-refractivity contribution in [1.29, 1.82) is 0 Å². The molecular formula is C34H46FN5O7. The maximum Gasteiger partial charge on any atom is 0.410 e. The number of allylic oxidation sites excluding steroid dienone is 1. The molecule has 2 fully saturated rings. The number of nitrogens with zero attached hydrogens (tertiary/aromatic N) is 3. The highest BCUT2D eigenvalue weighted by molar-refractivity contribution is 5.98. The van der Waals surface area contributed by atoms with Gasteiger partial charge in [-0.1, -0.05) is 37.1 Å². The van der Waals surface area contributed by atoms with Crippen LogP contribution < -0.4 is 10.6 Å². The fraction of sp³-hybridized carbons (Fsp3) is 0.618. The molecule has 0 aromatic heterocycles. The van der Waals surface area contributed by atoms with Gasteiger partial charge in [0.15, 0.2) is 0 Å². The minimum Gasteiger partial charge on any atom is -0.444 e. The number of hydrogen-bond donors (Lipinski definition) is 2. The number of amides is 5. The molecule has 1 aromatic carbocycles. The summed E-state index contributed by atoms with van der Waals surface area (Å²) in [5.41, 5.74) is -0.810. The smallest absolute Gasteiger partial charge is 0.410 e. The summed E-state index contributed by atoms with van der Waals surface area (Å²) in [5, 5.41) is 5.67. The number of likely N-dealkylation sites (N-methyl/N-ethyl adjacent to an activating group) is 1. The minimum atomic E-state index is -1.14. The summed E-state index contributed by atoms with van der Waals surface area (Å²) >= 11 is 0. The van der Waals surface area contributed by atoms with Crippen molar-refractivity contribution >= 4 is 29.9 Å². The van der Waals surface area contributed by atoms with Crippen LogP contribution in [0.5, 0.6) is 0 Å². The van der Waals surface area contributed by atoms with Crippen LogP contribution in [-0.4, -0.2) is 94.6 Å². The Labute approximate surface area is 275 Å². The zero-order valence-corrected chi connectivity index (χ0v) is 27.8. The molecule has 2 N–H and O–H groups in total. The van der Waals surface area contributed by atoms with Crippen LogP contribution >= 0.6 is 0 Å². The number of nitrogens with one attached hydrogen (secondary N) is 2. The van der Waals surface area contributed by atoms with Crippen LogP contribution in [0.3, 0.4) is 0 Å². The van der Waals surface area contributed by atoms with E-state index < -0.39 is 59.1 Å². The van der Waals surface area contributed by atoms with Gasteiger partial charge >= 0.3 is 12.2 Å². The normalized spacial score (nSPS) is 28.5. The van der Waals surface area contributed by atoms with E-state index >= 15 is 0 Å². The van der Waals surface area contributed by atoms with E-state index in [1.807, 2.05) is 12.2 Å². The summed E-state index contributed by atoms with van der Waals surface area (Å²) < 4.78 is 25.6. The number of benzene rings is 1. The quantitative estimate of drug-likeness (QED) is 0.475. The van der Waals surface area contributed by atoms with Gasteiger partial charge in [-0.25, -0.2) is 14.0 Å². The zero-order valence-electron chi connectivity index (χ0n) is 27.8. The number of hydrogen-bond acceptors (Lipinski definition) is 7. The van der Waals surface area contributed by atoms with Gasteiger partial charge in [0.05, 0.1) is 13.1 Å². The Kier molecular flexibility index (Phi) is 9.83. The molecule has 0 radical (unpaired) electrons. The molecule has 5 atom stereocenters. The Morgan fingerprint density at radius 2 is 1.87 bits per heavy atom. The van der Waals surface area contributed by atoms with Crippen LogP contribution in [0.4, 0.5) is 14.0 Å². The highest BCUT2D eigenvalue weighted by Crippen LogP contribution is 2.46. The first kappa shape index (κ1) is 34.2. The zero-order chi connectivity index (χ0) is 34.1. The third kappa shape index (κ3) is 7.70. The van der Waals surface area contributed by atoms with E-state index in [2.05, 4.69) is 10.6 Å². The lowest BCUT2D eigenvalue weighted by molar-refractivity contribution is -0.142. The summed E-state index contributed by atoms with van der Waals surface area (Å²) in [7, 11) is 3.27. The molecule has 13 heteroatoms. The van der Waals surface area contributed by atoms with Crippen LogP contribution in [0.25, 0.3) is 0 Å². The average Bonchev–Trinajstić information content (AvgIpc) is 3.29. The Balaban J connectivity index is 1.39. The minimum absolute atomic E-state index is 0.00956. The molecule has 3 aliphatic heterocycles. The van der Waals surface area contributed by atoms with Crippen molar-refractivity contribution in [3.63, 3.8) is 0 Å². The van der Waals surface area contributed by atoms with E-state index in [1.54, 1.807) is 47.0 Å². The predicted octanol–water partition coefficient (Wildman–Crippen LogP) is 3.62. The van der Waals surface area contributed by atoms with E-state index in [1.165, 1.54) is 20.8 Å². The van der Waals surface area contributed by atoms with E-state index in [0.29, 0.717) is 30.4 Å². The number of rotatable bonds is 3. The third-order valence-corrected chi connectivity index (χ3v) is 9.17. The standard InChI is InChI=1S/C34H46FN5O7/c1-33(2,3)47-31(44)36-26-15-10-8-6-7-9-13-22-17-34(22,30(43)38(4)5)37-28(41)27-16-23(19-40(27)29(26)42)46-32(45)39-18-21-12-11-14-25(35)24(21)20-39/h9,11-14,22-23,26-27H,6-8,10,15-20H2,1-5H3,(H,36,44)(H,37,41)/b13-9-/t22-,23-,26+,27+,34-/m1/s1. The molecule has 0 unspecified atom stereocenters. The second-order valence-electron chi connectivity index (χ2n) is 14.2. The largest absolute Gasteiger partial charge is 0.444 e. The summed E-state index contributed by atoms with van der Waals surface area (Å²) in [5.74, 6) is -1.87. The van der Waals surface area contributed by atoms with Crippen molar-refractivity contribution in [1.82, 2.24) is 25.3 Å². The van der Waals surface area contributed by atoms with Crippen molar-refractivity contribution in [3.8, 4) is 0 Å². The SMILES string of the molecule is CN(C)C(=O)[C@@]12C[C@H]1/C=C\CCCCC[C@H](NC(=O)OC(C)(C)C)C(=O)N1C[C@H](OC(=O)N3Cc4cccc(F)c4C3)C[C@H]1C(=O)N2. The molecule has 4 aliphatic rings.